The molecule has 3 nitrogen and oxygen atoms in total. The molecule has 3 heteroatoms. The Kier molecular flexibility index (Phi) is 3.46. The third kappa shape index (κ3) is 1.72. The number of rotatable bonds is 3. The van der Waals surface area contributed by atoms with Gasteiger partial charge in [-0.25, -0.2) is 0 Å². The SMILES string of the molecule is CCC[N+](C#N)(C#N)CC. The van der Waals surface area contributed by atoms with Gasteiger partial charge in [0.25, 0.3) is 0 Å². The van der Waals surface area contributed by atoms with Crippen molar-refractivity contribution in [3.05, 3.63) is 0 Å². The highest BCUT2D eigenvalue weighted by Gasteiger charge is 2.24. The third-order valence-electron chi connectivity index (χ3n) is 1.53. The van der Waals surface area contributed by atoms with Crippen molar-refractivity contribution in [1.82, 2.24) is 0 Å². The Hall–Kier alpha value is -1.06. The van der Waals surface area contributed by atoms with Crippen LogP contribution in [0.3, 0.4) is 0 Å². The van der Waals surface area contributed by atoms with E-state index >= 15 is 0 Å². The van der Waals surface area contributed by atoms with Crippen LogP contribution in [-0.2, 0) is 0 Å². The quantitative estimate of drug-likeness (QED) is 0.434. The predicted octanol–water partition coefficient (Wildman–Crippen LogP) is 1.20. The van der Waals surface area contributed by atoms with Gasteiger partial charge in [-0.05, 0) is 13.3 Å². The molecule has 0 rings (SSSR count). The fourth-order valence-electron chi connectivity index (χ4n) is 0.804. The van der Waals surface area contributed by atoms with Crippen molar-refractivity contribution in [2.24, 2.45) is 0 Å². The second-order valence-corrected chi connectivity index (χ2v) is 2.21. The molecule has 10 heavy (non-hydrogen) atoms. The fraction of sp³-hybridized carbons (Fsp3) is 0.714. The molecule has 0 N–H and O–H groups in total. The van der Waals surface area contributed by atoms with E-state index in [1.165, 1.54) is 0 Å². The van der Waals surface area contributed by atoms with E-state index < -0.39 is 0 Å². The van der Waals surface area contributed by atoms with Crippen LogP contribution in [0, 0.1) is 22.9 Å². The van der Waals surface area contributed by atoms with Gasteiger partial charge in [0.1, 0.15) is 13.1 Å². The Balaban J connectivity index is 4.24. The lowest BCUT2D eigenvalue weighted by Gasteiger charge is -2.15. The Labute approximate surface area is 61.7 Å². The maximum absolute atomic E-state index is 8.61. The number of quaternary nitrogens is 1. The topological polar surface area (TPSA) is 47.6 Å². The summed E-state index contributed by atoms with van der Waals surface area (Å²) in [5, 5.41) is 17.2. The zero-order chi connectivity index (χ0) is 8.04. The molecule has 0 unspecified atom stereocenters. The molecule has 0 radical (unpaired) electrons. The minimum absolute atomic E-state index is 0.0868. The smallest absolute Gasteiger partial charge is 0.128 e. The third-order valence-corrected chi connectivity index (χ3v) is 1.53. The first-order chi connectivity index (χ1) is 4.74. The molecule has 0 atom stereocenters. The lowest BCUT2D eigenvalue weighted by Crippen LogP contribution is -2.38. The molecule has 0 aromatic heterocycles. The number of nitriles is 2. The van der Waals surface area contributed by atoms with E-state index in [4.69, 9.17) is 10.5 Å². The normalized spacial score (nSPS) is 10.0. The van der Waals surface area contributed by atoms with Gasteiger partial charge in [-0.15, -0.1) is 15.0 Å². The van der Waals surface area contributed by atoms with E-state index in [1.807, 2.05) is 26.2 Å². The first-order valence-electron chi connectivity index (χ1n) is 3.44. The van der Waals surface area contributed by atoms with Gasteiger partial charge in [0.05, 0.1) is 0 Å². The predicted molar refractivity (Wildman–Crippen MR) is 37.2 cm³/mol. The second kappa shape index (κ2) is 3.87. The summed E-state index contributed by atoms with van der Waals surface area (Å²) in [4.78, 5) is 0. The average Bonchev–Trinajstić information content (AvgIpc) is 2.01. The zero-order valence-corrected chi connectivity index (χ0v) is 6.46. The van der Waals surface area contributed by atoms with Crippen molar-refractivity contribution in [2.75, 3.05) is 13.1 Å². The molecule has 0 aliphatic carbocycles. The number of nitrogens with zero attached hydrogens (tertiary/aromatic N) is 3. The first-order valence-corrected chi connectivity index (χ1v) is 3.44. The summed E-state index contributed by atoms with van der Waals surface area (Å²) >= 11 is 0. The molecule has 0 heterocycles. The van der Waals surface area contributed by atoms with E-state index in [0.717, 1.165) is 6.42 Å². The molecule has 0 aromatic carbocycles. The summed E-state index contributed by atoms with van der Waals surface area (Å²) in [5.74, 6) is 0. The highest BCUT2D eigenvalue weighted by atomic mass is 15.3. The van der Waals surface area contributed by atoms with Crippen molar-refractivity contribution in [3.63, 3.8) is 0 Å². The summed E-state index contributed by atoms with van der Waals surface area (Å²) in [6, 6.07) is 0. The van der Waals surface area contributed by atoms with Crippen molar-refractivity contribution in [2.45, 2.75) is 20.3 Å². The van der Waals surface area contributed by atoms with Crippen LogP contribution >= 0.6 is 0 Å². The van der Waals surface area contributed by atoms with Gasteiger partial charge >= 0.3 is 12.4 Å². The van der Waals surface area contributed by atoms with Crippen molar-refractivity contribution >= 4 is 0 Å². The minimum Gasteiger partial charge on any atom is -0.128 e. The number of hydrogen-bond donors (Lipinski definition) is 0. The molecule has 0 aliphatic rings. The van der Waals surface area contributed by atoms with E-state index in [-0.39, 0.29) is 4.48 Å². The molecule has 0 spiro atoms. The Morgan fingerprint density at radius 3 is 1.80 bits per heavy atom. The molecule has 0 amide bonds. The van der Waals surface area contributed by atoms with Crippen molar-refractivity contribution < 1.29 is 4.48 Å². The van der Waals surface area contributed by atoms with Gasteiger partial charge in [-0.3, -0.25) is 0 Å². The van der Waals surface area contributed by atoms with Gasteiger partial charge in [0, 0.05) is 0 Å². The second-order valence-electron chi connectivity index (χ2n) is 2.21. The minimum atomic E-state index is -0.0868. The van der Waals surface area contributed by atoms with Crippen LogP contribution in [0.5, 0.6) is 0 Å². The highest BCUT2D eigenvalue weighted by Crippen LogP contribution is 2.02. The maximum Gasteiger partial charge on any atom is 0.324 e. The van der Waals surface area contributed by atoms with E-state index in [2.05, 4.69) is 0 Å². The summed E-state index contributed by atoms with van der Waals surface area (Å²) in [5.41, 5.74) is 0. The molecule has 0 bridgehead atoms. The van der Waals surface area contributed by atoms with Crippen molar-refractivity contribution in [1.29, 1.82) is 10.5 Å². The molecule has 0 saturated heterocycles. The van der Waals surface area contributed by atoms with E-state index in [1.54, 1.807) is 0 Å². The van der Waals surface area contributed by atoms with Gasteiger partial charge in [0.2, 0.25) is 0 Å². The van der Waals surface area contributed by atoms with E-state index in [9.17, 15) is 0 Å². The van der Waals surface area contributed by atoms with Gasteiger partial charge in [-0.2, -0.15) is 0 Å². The standard InChI is InChI=1S/C7H12N3/c1-3-5-10(4-2,6-8)7-9/h3-5H2,1-2H3/q+1. The molecular formula is C7H12N3+. The highest BCUT2D eigenvalue weighted by molar-refractivity contribution is 4.68. The van der Waals surface area contributed by atoms with Crippen molar-refractivity contribution in [3.8, 4) is 12.4 Å². The molecule has 0 aromatic rings. The monoisotopic (exact) mass is 138 g/mol. The molecular weight excluding hydrogens is 126 g/mol. The van der Waals surface area contributed by atoms with E-state index in [0.29, 0.717) is 13.1 Å². The summed E-state index contributed by atoms with van der Waals surface area (Å²) in [6.07, 6.45) is 4.85. The van der Waals surface area contributed by atoms with Crippen LogP contribution < -0.4 is 0 Å². The molecule has 0 saturated carbocycles. The van der Waals surface area contributed by atoms with Crippen LogP contribution in [0.25, 0.3) is 0 Å². The van der Waals surface area contributed by atoms with Gasteiger partial charge < -0.3 is 0 Å². The fourth-order valence-corrected chi connectivity index (χ4v) is 0.804. The molecule has 0 fully saturated rings. The van der Waals surface area contributed by atoms with Gasteiger partial charge in [0.15, 0.2) is 0 Å². The summed E-state index contributed by atoms with van der Waals surface area (Å²) in [6.45, 7) is 5.02. The van der Waals surface area contributed by atoms with Crippen LogP contribution in [0.15, 0.2) is 0 Å². The van der Waals surface area contributed by atoms with Crippen LogP contribution in [0.4, 0.5) is 0 Å². The lowest BCUT2D eigenvalue weighted by molar-refractivity contribution is -0.797. The maximum atomic E-state index is 8.61. The summed E-state index contributed by atoms with van der Waals surface area (Å²) < 4.78 is -0.0868. The zero-order valence-electron chi connectivity index (χ0n) is 6.46. The van der Waals surface area contributed by atoms with Crippen LogP contribution in [0.2, 0.25) is 0 Å². The van der Waals surface area contributed by atoms with Crippen LogP contribution in [-0.4, -0.2) is 17.6 Å². The Bertz CT molecular complexity index is 158. The van der Waals surface area contributed by atoms with Gasteiger partial charge in [-0.1, -0.05) is 6.92 Å². The first kappa shape index (κ1) is 8.94. The summed E-state index contributed by atoms with van der Waals surface area (Å²) in [7, 11) is 0. The molecule has 0 aliphatic heterocycles. The molecule has 54 valence electrons. The number of hydrogen-bond acceptors (Lipinski definition) is 2. The Morgan fingerprint density at radius 2 is 1.70 bits per heavy atom. The lowest BCUT2D eigenvalue weighted by atomic mass is 10.4. The average molecular weight is 138 g/mol. The van der Waals surface area contributed by atoms with Crippen LogP contribution in [0.1, 0.15) is 20.3 Å². The largest absolute Gasteiger partial charge is 0.324 e. The Morgan fingerprint density at radius 1 is 1.20 bits per heavy atom.